The van der Waals surface area contributed by atoms with Crippen molar-refractivity contribution in [3.63, 3.8) is 0 Å². The van der Waals surface area contributed by atoms with Crippen LogP contribution < -0.4 is 20.1 Å². The average molecular weight is 460 g/mol. The number of hydrogen-bond acceptors (Lipinski definition) is 8. The molecule has 1 atom stereocenters. The number of urea groups is 1. The summed E-state index contributed by atoms with van der Waals surface area (Å²) < 4.78 is 10.6. The zero-order chi connectivity index (χ0) is 24.1. The number of anilines is 3. The van der Waals surface area contributed by atoms with Gasteiger partial charge in [0, 0.05) is 48.4 Å². The first kappa shape index (κ1) is 22.8. The van der Waals surface area contributed by atoms with Gasteiger partial charge in [-0.05, 0) is 36.8 Å². The molecule has 0 unspecified atom stereocenters. The van der Waals surface area contributed by atoms with Crippen LogP contribution in [-0.4, -0.2) is 59.4 Å². The highest BCUT2D eigenvalue weighted by molar-refractivity contribution is 5.90. The first-order valence-corrected chi connectivity index (χ1v) is 10.6. The van der Waals surface area contributed by atoms with Crippen molar-refractivity contribution in [3.8, 4) is 28.8 Å². The van der Waals surface area contributed by atoms with E-state index in [1.807, 2.05) is 6.07 Å². The summed E-state index contributed by atoms with van der Waals surface area (Å²) >= 11 is 0. The van der Waals surface area contributed by atoms with Crippen molar-refractivity contribution in [3.05, 3.63) is 54.2 Å². The van der Waals surface area contributed by atoms with Gasteiger partial charge in [0.05, 0.1) is 31.6 Å². The first-order valence-electron chi connectivity index (χ1n) is 10.6. The molecule has 0 saturated carbocycles. The molecule has 3 aromatic rings. The van der Waals surface area contributed by atoms with Crippen LogP contribution in [0.15, 0.2) is 48.7 Å². The minimum atomic E-state index is -0.493. The molecule has 34 heavy (non-hydrogen) atoms. The molecular formula is C24H24N6O4. The summed E-state index contributed by atoms with van der Waals surface area (Å²) in [5.74, 6) is 1.36. The van der Waals surface area contributed by atoms with Crippen LogP contribution in [0.1, 0.15) is 12.0 Å². The van der Waals surface area contributed by atoms with E-state index in [1.54, 1.807) is 47.5 Å². The third kappa shape index (κ3) is 5.16. The van der Waals surface area contributed by atoms with Gasteiger partial charge in [0.1, 0.15) is 17.6 Å². The molecule has 3 N–H and O–H groups in total. The molecule has 2 aromatic carbocycles. The van der Waals surface area contributed by atoms with Gasteiger partial charge in [-0.15, -0.1) is 0 Å². The van der Waals surface area contributed by atoms with Gasteiger partial charge >= 0.3 is 6.03 Å². The summed E-state index contributed by atoms with van der Waals surface area (Å²) in [5.41, 5.74) is 2.92. The van der Waals surface area contributed by atoms with Crippen LogP contribution in [0.3, 0.4) is 0 Å². The second-order valence-electron chi connectivity index (χ2n) is 7.69. The number of nitrogens with one attached hydrogen (secondary N) is 2. The Morgan fingerprint density at radius 3 is 2.71 bits per heavy atom. The summed E-state index contributed by atoms with van der Waals surface area (Å²) in [4.78, 5) is 22.9. The van der Waals surface area contributed by atoms with E-state index < -0.39 is 6.10 Å². The maximum Gasteiger partial charge on any atom is 0.321 e. The molecule has 1 aliphatic heterocycles. The normalized spacial score (nSPS) is 14.9. The Morgan fingerprint density at radius 2 is 2.00 bits per heavy atom. The number of methoxy groups -OCH3 is 2. The minimum Gasteiger partial charge on any atom is -0.497 e. The third-order valence-electron chi connectivity index (χ3n) is 5.37. The Morgan fingerprint density at radius 1 is 1.18 bits per heavy atom. The van der Waals surface area contributed by atoms with Gasteiger partial charge in [-0.2, -0.15) is 5.26 Å². The lowest BCUT2D eigenvalue weighted by Gasteiger charge is -2.17. The molecule has 2 heterocycles. The van der Waals surface area contributed by atoms with E-state index >= 15 is 0 Å². The van der Waals surface area contributed by atoms with Gasteiger partial charge in [0.15, 0.2) is 0 Å². The molecule has 0 spiro atoms. The van der Waals surface area contributed by atoms with E-state index in [0.717, 1.165) is 5.56 Å². The number of aliphatic hydroxyl groups is 1. The predicted octanol–water partition coefficient (Wildman–Crippen LogP) is 3.37. The molecular weight excluding hydrogens is 436 g/mol. The van der Waals surface area contributed by atoms with E-state index in [2.05, 4.69) is 26.7 Å². The Hall–Kier alpha value is -4.36. The smallest absolute Gasteiger partial charge is 0.321 e. The van der Waals surface area contributed by atoms with Gasteiger partial charge in [0.25, 0.3) is 0 Å². The zero-order valence-electron chi connectivity index (χ0n) is 18.8. The summed E-state index contributed by atoms with van der Waals surface area (Å²) in [5, 5.41) is 25.0. The summed E-state index contributed by atoms with van der Waals surface area (Å²) in [7, 11) is 3.05. The second kappa shape index (κ2) is 10.1. The van der Waals surface area contributed by atoms with Crippen molar-refractivity contribution in [1.82, 2.24) is 14.9 Å². The molecule has 0 bridgehead atoms. The number of rotatable bonds is 6. The predicted molar refractivity (Wildman–Crippen MR) is 126 cm³/mol. The van der Waals surface area contributed by atoms with Crippen LogP contribution in [0, 0.1) is 11.3 Å². The number of amides is 2. The van der Waals surface area contributed by atoms with Gasteiger partial charge in [-0.3, -0.25) is 0 Å². The lowest BCUT2D eigenvalue weighted by atomic mass is 10.1. The first-order chi connectivity index (χ1) is 16.5. The standard InChI is InChI=1S/C24H24N6O4/c1-33-20-11-17(10-18(12-20)28-24(32)30-8-6-19(31)14-30)27-23-26-7-5-21(29-23)15-3-4-22(34-2)16(9-15)13-25/h3-5,7,9-12,19,31H,6,8,14H2,1-2H3,(H,28,32)(H,26,27,29)/t19-/m0/s1. The lowest BCUT2D eigenvalue weighted by Crippen LogP contribution is -2.33. The summed E-state index contributed by atoms with van der Waals surface area (Å²) in [6.07, 6.45) is 1.69. The van der Waals surface area contributed by atoms with Crippen molar-refractivity contribution in [2.45, 2.75) is 12.5 Å². The Kier molecular flexibility index (Phi) is 6.75. The van der Waals surface area contributed by atoms with Crippen molar-refractivity contribution in [2.75, 3.05) is 37.9 Å². The highest BCUT2D eigenvalue weighted by Crippen LogP contribution is 2.28. The molecule has 1 aromatic heterocycles. The molecule has 10 heteroatoms. The molecule has 10 nitrogen and oxygen atoms in total. The van der Waals surface area contributed by atoms with Crippen molar-refractivity contribution >= 4 is 23.4 Å². The number of nitrogens with zero attached hydrogens (tertiary/aromatic N) is 4. The lowest BCUT2D eigenvalue weighted by molar-refractivity contribution is 0.176. The molecule has 4 rings (SSSR count). The van der Waals surface area contributed by atoms with Crippen LogP contribution in [0.25, 0.3) is 11.3 Å². The van der Waals surface area contributed by atoms with Crippen LogP contribution in [0.5, 0.6) is 11.5 Å². The molecule has 1 saturated heterocycles. The maximum absolute atomic E-state index is 12.5. The Bertz CT molecular complexity index is 1240. The second-order valence-corrected chi connectivity index (χ2v) is 7.69. The van der Waals surface area contributed by atoms with E-state index in [4.69, 9.17) is 9.47 Å². The number of nitriles is 1. The fourth-order valence-corrected chi connectivity index (χ4v) is 3.65. The van der Waals surface area contributed by atoms with Gasteiger partial charge < -0.3 is 30.1 Å². The number of β-amino-alcohol motifs (C(OH)–C–C–N with tert-alkyl or cyclic N) is 1. The van der Waals surface area contributed by atoms with Crippen LogP contribution in [0.4, 0.5) is 22.1 Å². The molecule has 2 amide bonds. The number of likely N-dealkylation sites (tertiary alicyclic amines) is 1. The zero-order valence-corrected chi connectivity index (χ0v) is 18.8. The molecule has 0 aliphatic carbocycles. The van der Waals surface area contributed by atoms with E-state index in [0.29, 0.717) is 59.6 Å². The number of ether oxygens (including phenoxy) is 2. The summed E-state index contributed by atoms with van der Waals surface area (Å²) in [6.45, 7) is 0.808. The molecule has 174 valence electrons. The Balaban J connectivity index is 1.55. The fraction of sp³-hybridized carbons (Fsp3) is 0.250. The third-order valence-corrected chi connectivity index (χ3v) is 5.37. The maximum atomic E-state index is 12.5. The topological polar surface area (TPSA) is 133 Å². The van der Waals surface area contributed by atoms with Crippen LogP contribution in [0.2, 0.25) is 0 Å². The van der Waals surface area contributed by atoms with Gasteiger partial charge in [-0.25, -0.2) is 14.8 Å². The van der Waals surface area contributed by atoms with Crippen LogP contribution in [-0.2, 0) is 0 Å². The summed E-state index contributed by atoms with van der Waals surface area (Å²) in [6, 6.07) is 14.0. The minimum absolute atomic E-state index is 0.290. The number of aromatic nitrogens is 2. The van der Waals surface area contributed by atoms with Gasteiger partial charge in [0.2, 0.25) is 5.95 Å². The quantitative estimate of drug-likeness (QED) is 0.510. The number of hydrogen-bond donors (Lipinski definition) is 3. The highest BCUT2D eigenvalue weighted by atomic mass is 16.5. The van der Waals surface area contributed by atoms with Crippen molar-refractivity contribution < 1.29 is 19.4 Å². The number of aliphatic hydroxyl groups excluding tert-OH is 1. The molecule has 0 radical (unpaired) electrons. The molecule has 1 aliphatic rings. The SMILES string of the molecule is COc1cc(NC(=O)N2CC[C@H](O)C2)cc(Nc2nccc(-c3ccc(OC)c(C#N)c3)n2)c1. The number of carbonyl (C=O) groups excluding carboxylic acids is 1. The average Bonchev–Trinajstić information content (AvgIpc) is 3.30. The van der Waals surface area contributed by atoms with Crippen molar-refractivity contribution in [1.29, 1.82) is 5.26 Å². The Labute approximate surface area is 196 Å². The largest absolute Gasteiger partial charge is 0.497 e. The van der Waals surface area contributed by atoms with Crippen LogP contribution >= 0.6 is 0 Å². The molecule has 1 fully saturated rings. The monoisotopic (exact) mass is 460 g/mol. The number of benzene rings is 2. The fourth-order valence-electron chi connectivity index (χ4n) is 3.65. The number of carbonyl (C=O) groups is 1. The van der Waals surface area contributed by atoms with E-state index in [-0.39, 0.29) is 6.03 Å². The van der Waals surface area contributed by atoms with E-state index in [9.17, 15) is 15.2 Å². The van der Waals surface area contributed by atoms with Crippen molar-refractivity contribution in [2.24, 2.45) is 0 Å². The highest BCUT2D eigenvalue weighted by Gasteiger charge is 2.24. The van der Waals surface area contributed by atoms with E-state index in [1.165, 1.54) is 14.2 Å². The van der Waals surface area contributed by atoms with Gasteiger partial charge in [-0.1, -0.05) is 0 Å².